The highest BCUT2D eigenvalue weighted by Gasteiger charge is 2.11. The van der Waals surface area contributed by atoms with Crippen LogP contribution in [-0.4, -0.2) is 5.78 Å². The van der Waals surface area contributed by atoms with Gasteiger partial charge in [-0.3, -0.25) is 4.79 Å². The highest BCUT2D eigenvalue weighted by atomic mass is 16.1. The highest BCUT2D eigenvalue weighted by Crippen LogP contribution is 2.16. The molecule has 1 nitrogen and oxygen atoms in total. The van der Waals surface area contributed by atoms with Crippen LogP contribution in [-0.2, 0) is 6.42 Å². The van der Waals surface area contributed by atoms with Gasteiger partial charge >= 0.3 is 0 Å². The van der Waals surface area contributed by atoms with Gasteiger partial charge in [-0.15, -0.1) is 0 Å². The lowest BCUT2D eigenvalue weighted by Crippen LogP contribution is -2.04. The Morgan fingerprint density at radius 1 is 0.739 bits per heavy atom. The number of ketones is 1. The van der Waals surface area contributed by atoms with E-state index in [0.717, 1.165) is 23.1 Å². The first kappa shape index (κ1) is 15.0. The molecular formula is C22H18O. The molecule has 0 aliphatic rings. The van der Waals surface area contributed by atoms with E-state index in [-0.39, 0.29) is 5.78 Å². The van der Waals surface area contributed by atoms with Gasteiger partial charge in [0.05, 0.1) is 0 Å². The average molecular weight is 298 g/mol. The van der Waals surface area contributed by atoms with Crippen LogP contribution in [0.25, 0.3) is 6.08 Å². The van der Waals surface area contributed by atoms with E-state index in [4.69, 9.17) is 0 Å². The van der Waals surface area contributed by atoms with Crippen molar-refractivity contribution in [1.29, 1.82) is 0 Å². The van der Waals surface area contributed by atoms with Crippen molar-refractivity contribution in [3.05, 3.63) is 113 Å². The van der Waals surface area contributed by atoms with Gasteiger partial charge in [-0.05, 0) is 17.5 Å². The zero-order chi connectivity index (χ0) is 15.9. The topological polar surface area (TPSA) is 17.1 Å². The normalized spacial score (nSPS) is 10.8. The fourth-order valence-corrected chi connectivity index (χ4v) is 2.55. The second-order valence-corrected chi connectivity index (χ2v) is 5.37. The molecule has 0 heterocycles. The molecule has 112 valence electrons. The number of carbonyl (C=O) groups excluding carboxylic acids is 1. The Morgan fingerprint density at radius 2 is 1.35 bits per heavy atom. The Balaban J connectivity index is 1.81. The van der Waals surface area contributed by atoms with Crippen LogP contribution in [0.3, 0.4) is 0 Å². The molecule has 0 unspecified atom stereocenters. The van der Waals surface area contributed by atoms with Crippen molar-refractivity contribution in [2.75, 3.05) is 0 Å². The molecular weight excluding hydrogens is 280 g/mol. The second kappa shape index (κ2) is 7.37. The van der Waals surface area contributed by atoms with Gasteiger partial charge in [-0.25, -0.2) is 0 Å². The van der Waals surface area contributed by atoms with Crippen molar-refractivity contribution >= 4 is 11.9 Å². The molecule has 0 radical (unpaired) electrons. The van der Waals surface area contributed by atoms with Crippen LogP contribution in [0.4, 0.5) is 0 Å². The number of allylic oxidation sites excluding steroid dienone is 1. The van der Waals surface area contributed by atoms with Crippen LogP contribution in [0.15, 0.2) is 91.0 Å². The van der Waals surface area contributed by atoms with Crippen LogP contribution in [0, 0.1) is 0 Å². The summed E-state index contributed by atoms with van der Waals surface area (Å²) in [6.45, 7) is 0. The van der Waals surface area contributed by atoms with Gasteiger partial charge in [-0.2, -0.15) is 0 Å². The maximum absolute atomic E-state index is 12.7. The third-order valence-corrected chi connectivity index (χ3v) is 3.75. The third kappa shape index (κ3) is 3.83. The SMILES string of the molecule is O=C(c1ccccc1)c1ccccc1CC=Cc1ccccc1. The molecule has 3 aromatic carbocycles. The van der Waals surface area contributed by atoms with Gasteiger partial charge in [0.1, 0.15) is 0 Å². The average Bonchev–Trinajstić information content (AvgIpc) is 2.63. The molecule has 0 spiro atoms. The molecule has 1 heteroatoms. The van der Waals surface area contributed by atoms with Crippen molar-refractivity contribution in [3.8, 4) is 0 Å². The first-order chi connectivity index (χ1) is 11.3. The van der Waals surface area contributed by atoms with E-state index in [1.807, 2.05) is 72.8 Å². The minimum absolute atomic E-state index is 0.0781. The van der Waals surface area contributed by atoms with Gasteiger partial charge in [0.15, 0.2) is 5.78 Å². The van der Waals surface area contributed by atoms with Gasteiger partial charge in [0.2, 0.25) is 0 Å². The largest absolute Gasteiger partial charge is 0.289 e. The Hall–Kier alpha value is -2.93. The molecule has 0 N–H and O–H groups in total. The third-order valence-electron chi connectivity index (χ3n) is 3.75. The number of hydrogen-bond donors (Lipinski definition) is 0. The molecule has 0 aromatic heterocycles. The van der Waals surface area contributed by atoms with E-state index in [1.54, 1.807) is 0 Å². The number of benzene rings is 3. The van der Waals surface area contributed by atoms with Crippen molar-refractivity contribution in [3.63, 3.8) is 0 Å². The Morgan fingerprint density at radius 3 is 2.09 bits per heavy atom. The van der Waals surface area contributed by atoms with Crippen LogP contribution in [0.2, 0.25) is 0 Å². The van der Waals surface area contributed by atoms with Gasteiger partial charge in [-0.1, -0.05) is 97.1 Å². The van der Waals surface area contributed by atoms with Crippen molar-refractivity contribution < 1.29 is 4.79 Å². The predicted molar refractivity (Wildman–Crippen MR) is 95.5 cm³/mol. The summed E-state index contributed by atoms with van der Waals surface area (Å²) >= 11 is 0. The molecule has 0 amide bonds. The van der Waals surface area contributed by atoms with E-state index >= 15 is 0 Å². The van der Waals surface area contributed by atoms with E-state index in [2.05, 4.69) is 24.3 Å². The molecule has 3 rings (SSSR count). The Kier molecular flexibility index (Phi) is 4.80. The van der Waals surface area contributed by atoms with E-state index in [9.17, 15) is 4.79 Å². The summed E-state index contributed by atoms with van der Waals surface area (Å²) in [5, 5.41) is 0. The quantitative estimate of drug-likeness (QED) is 0.594. The Labute approximate surface area is 136 Å². The van der Waals surface area contributed by atoms with Crippen LogP contribution in [0.1, 0.15) is 27.0 Å². The van der Waals surface area contributed by atoms with E-state index in [0.29, 0.717) is 0 Å². The summed E-state index contributed by atoms with van der Waals surface area (Å²) < 4.78 is 0. The van der Waals surface area contributed by atoms with E-state index < -0.39 is 0 Å². The summed E-state index contributed by atoms with van der Waals surface area (Å²) in [4.78, 5) is 12.7. The maximum Gasteiger partial charge on any atom is 0.193 e. The summed E-state index contributed by atoms with van der Waals surface area (Å²) in [7, 11) is 0. The number of hydrogen-bond acceptors (Lipinski definition) is 1. The summed E-state index contributed by atoms with van der Waals surface area (Å²) in [6, 6.07) is 27.4. The van der Waals surface area contributed by atoms with Crippen molar-refractivity contribution in [1.82, 2.24) is 0 Å². The van der Waals surface area contributed by atoms with Gasteiger partial charge < -0.3 is 0 Å². The molecule has 0 saturated carbocycles. The van der Waals surface area contributed by atoms with Crippen molar-refractivity contribution in [2.45, 2.75) is 6.42 Å². The summed E-state index contributed by atoms with van der Waals surface area (Å²) in [6.07, 6.45) is 4.93. The first-order valence-corrected chi connectivity index (χ1v) is 7.74. The molecule has 0 fully saturated rings. The van der Waals surface area contributed by atoms with Crippen LogP contribution in [0.5, 0.6) is 0 Å². The van der Waals surface area contributed by atoms with Gasteiger partial charge in [0, 0.05) is 11.1 Å². The van der Waals surface area contributed by atoms with E-state index in [1.165, 1.54) is 5.56 Å². The Bertz CT molecular complexity index is 802. The second-order valence-electron chi connectivity index (χ2n) is 5.37. The molecule has 0 saturated heterocycles. The lowest BCUT2D eigenvalue weighted by molar-refractivity contribution is 0.103. The van der Waals surface area contributed by atoms with Crippen LogP contribution >= 0.6 is 0 Å². The van der Waals surface area contributed by atoms with Gasteiger partial charge in [0.25, 0.3) is 0 Å². The fourth-order valence-electron chi connectivity index (χ4n) is 2.55. The lowest BCUT2D eigenvalue weighted by atomic mass is 9.96. The minimum Gasteiger partial charge on any atom is -0.289 e. The molecule has 0 bridgehead atoms. The first-order valence-electron chi connectivity index (χ1n) is 7.74. The monoisotopic (exact) mass is 298 g/mol. The molecule has 23 heavy (non-hydrogen) atoms. The zero-order valence-corrected chi connectivity index (χ0v) is 12.9. The molecule has 0 aliphatic carbocycles. The summed E-state index contributed by atoms with van der Waals surface area (Å²) in [5.74, 6) is 0.0781. The lowest BCUT2D eigenvalue weighted by Gasteiger charge is -2.07. The maximum atomic E-state index is 12.7. The van der Waals surface area contributed by atoms with Crippen LogP contribution < -0.4 is 0 Å². The molecule has 0 atom stereocenters. The molecule has 3 aromatic rings. The number of carbonyl (C=O) groups is 1. The zero-order valence-electron chi connectivity index (χ0n) is 12.9. The number of rotatable bonds is 5. The predicted octanol–water partition coefficient (Wildman–Crippen LogP) is 5.17. The van der Waals surface area contributed by atoms with Crippen molar-refractivity contribution in [2.24, 2.45) is 0 Å². The molecule has 0 aliphatic heterocycles. The highest BCUT2D eigenvalue weighted by molar-refractivity contribution is 6.09. The minimum atomic E-state index is 0.0781. The fraction of sp³-hybridized carbons (Fsp3) is 0.0455. The standard InChI is InChI=1S/C22H18O/c23-22(20-14-5-2-6-15-20)21-17-8-7-13-19(21)16-9-12-18-10-3-1-4-11-18/h1-15,17H,16H2. The summed E-state index contributed by atoms with van der Waals surface area (Å²) in [5.41, 5.74) is 3.72. The smallest absolute Gasteiger partial charge is 0.193 e.